The molecule has 1 saturated heterocycles. The van der Waals surface area contributed by atoms with Gasteiger partial charge in [0.25, 0.3) is 0 Å². The molecule has 1 N–H and O–H groups in total. The maximum absolute atomic E-state index is 3.26. The molecule has 1 aliphatic rings. The molecule has 0 amide bonds. The summed E-state index contributed by atoms with van der Waals surface area (Å²) in [5.74, 6) is 0. The fraction of sp³-hybridized carbons (Fsp3) is 1.00. The lowest BCUT2D eigenvalue weighted by molar-refractivity contribution is 0.188. The molecule has 2 nitrogen and oxygen atoms in total. The molecule has 0 saturated carbocycles. The molecule has 2 heteroatoms. The maximum atomic E-state index is 3.26. The molecule has 0 aromatic heterocycles. The van der Waals surface area contributed by atoms with Crippen molar-refractivity contribution in [1.82, 2.24) is 10.2 Å². The average molecular weight is 198 g/mol. The summed E-state index contributed by atoms with van der Waals surface area (Å²) in [5.41, 5.74) is 0. The van der Waals surface area contributed by atoms with Crippen LogP contribution in [0.1, 0.15) is 45.4 Å². The van der Waals surface area contributed by atoms with Crippen LogP contribution in [-0.2, 0) is 0 Å². The first-order valence-corrected chi connectivity index (χ1v) is 6.27. The predicted molar refractivity (Wildman–Crippen MR) is 62.7 cm³/mol. The third kappa shape index (κ3) is 3.97. The van der Waals surface area contributed by atoms with E-state index in [0.29, 0.717) is 0 Å². The third-order valence-corrected chi connectivity index (χ3v) is 3.36. The van der Waals surface area contributed by atoms with E-state index in [-0.39, 0.29) is 0 Å². The van der Waals surface area contributed by atoms with E-state index in [1.807, 2.05) is 0 Å². The Bertz CT molecular complexity index is 128. The normalized spacial score (nSPS) is 21.9. The topological polar surface area (TPSA) is 15.3 Å². The van der Waals surface area contributed by atoms with Crippen molar-refractivity contribution in [2.75, 3.05) is 26.7 Å². The van der Waals surface area contributed by atoms with Gasteiger partial charge in [-0.05, 0) is 52.4 Å². The molecule has 0 aromatic rings. The zero-order valence-electron chi connectivity index (χ0n) is 9.89. The van der Waals surface area contributed by atoms with Gasteiger partial charge in [0.1, 0.15) is 0 Å². The van der Waals surface area contributed by atoms with Crippen LogP contribution < -0.4 is 5.32 Å². The maximum Gasteiger partial charge on any atom is 0.0105 e. The number of rotatable bonds is 5. The minimum absolute atomic E-state index is 0.820. The quantitative estimate of drug-likeness (QED) is 0.729. The second-order valence-corrected chi connectivity index (χ2v) is 4.40. The van der Waals surface area contributed by atoms with Gasteiger partial charge in [0.15, 0.2) is 0 Å². The molecular formula is C12H26N2. The number of likely N-dealkylation sites (tertiary alicyclic amines) is 1. The van der Waals surface area contributed by atoms with Gasteiger partial charge >= 0.3 is 0 Å². The van der Waals surface area contributed by atoms with Crippen molar-refractivity contribution in [3.05, 3.63) is 0 Å². The first kappa shape index (κ1) is 12.0. The Balaban J connectivity index is 2.32. The van der Waals surface area contributed by atoms with Crippen LogP contribution in [0.15, 0.2) is 0 Å². The van der Waals surface area contributed by atoms with Crippen LogP contribution in [0.2, 0.25) is 0 Å². The van der Waals surface area contributed by atoms with Gasteiger partial charge in [-0.1, -0.05) is 19.8 Å². The fourth-order valence-corrected chi connectivity index (χ4v) is 2.42. The van der Waals surface area contributed by atoms with Gasteiger partial charge in [0.2, 0.25) is 0 Å². The molecule has 1 rings (SSSR count). The monoisotopic (exact) mass is 198 g/mol. The van der Waals surface area contributed by atoms with Gasteiger partial charge in [0, 0.05) is 6.04 Å². The third-order valence-electron chi connectivity index (χ3n) is 3.36. The molecule has 0 aliphatic carbocycles. The lowest BCUT2D eigenvalue weighted by Crippen LogP contribution is -2.37. The van der Waals surface area contributed by atoms with E-state index < -0.39 is 0 Å². The standard InChI is InChI=1S/C12H26N2/c1-3-12(8-9-13-2)14-10-6-4-5-7-11-14/h12-13H,3-11H2,1-2H3. The summed E-state index contributed by atoms with van der Waals surface area (Å²) in [7, 11) is 2.05. The lowest BCUT2D eigenvalue weighted by atomic mass is 10.1. The number of nitrogens with zero attached hydrogens (tertiary/aromatic N) is 1. The second kappa shape index (κ2) is 7.24. The first-order valence-electron chi connectivity index (χ1n) is 6.27. The number of hydrogen-bond donors (Lipinski definition) is 1. The SMILES string of the molecule is CCC(CCNC)N1CCCCCC1. The van der Waals surface area contributed by atoms with Crippen molar-refractivity contribution in [1.29, 1.82) is 0 Å². The minimum atomic E-state index is 0.820. The molecule has 0 radical (unpaired) electrons. The van der Waals surface area contributed by atoms with Gasteiger partial charge in [-0.2, -0.15) is 0 Å². The van der Waals surface area contributed by atoms with Crippen LogP contribution in [0.25, 0.3) is 0 Å². The Hall–Kier alpha value is -0.0800. The van der Waals surface area contributed by atoms with E-state index >= 15 is 0 Å². The van der Waals surface area contributed by atoms with Crippen LogP contribution in [0.5, 0.6) is 0 Å². The Morgan fingerprint density at radius 3 is 2.29 bits per heavy atom. The second-order valence-electron chi connectivity index (χ2n) is 4.40. The summed E-state index contributed by atoms with van der Waals surface area (Å²) in [6.07, 6.45) is 8.33. The summed E-state index contributed by atoms with van der Waals surface area (Å²) < 4.78 is 0. The predicted octanol–water partition coefficient (Wildman–Crippen LogP) is 2.25. The van der Waals surface area contributed by atoms with Crippen LogP contribution >= 0.6 is 0 Å². The van der Waals surface area contributed by atoms with E-state index in [4.69, 9.17) is 0 Å². The molecule has 0 aromatic carbocycles. The van der Waals surface area contributed by atoms with Crippen molar-refractivity contribution in [3.63, 3.8) is 0 Å². The smallest absolute Gasteiger partial charge is 0.0105 e. The molecule has 14 heavy (non-hydrogen) atoms. The zero-order valence-corrected chi connectivity index (χ0v) is 9.89. The number of hydrogen-bond acceptors (Lipinski definition) is 2. The highest BCUT2D eigenvalue weighted by Gasteiger charge is 2.17. The molecule has 0 bridgehead atoms. The van der Waals surface area contributed by atoms with Crippen LogP contribution in [0, 0.1) is 0 Å². The highest BCUT2D eigenvalue weighted by atomic mass is 15.2. The van der Waals surface area contributed by atoms with Crippen LogP contribution in [0.3, 0.4) is 0 Å². The molecule has 1 unspecified atom stereocenters. The summed E-state index contributed by atoms with van der Waals surface area (Å²) in [4.78, 5) is 2.71. The Morgan fingerprint density at radius 1 is 1.14 bits per heavy atom. The van der Waals surface area contributed by atoms with E-state index in [1.54, 1.807) is 0 Å². The molecule has 1 heterocycles. The summed E-state index contributed by atoms with van der Waals surface area (Å²) in [6, 6.07) is 0.820. The summed E-state index contributed by atoms with van der Waals surface area (Å²) >= 11 is 0. The van der Waals surface area contributed by atoms with E-state index in [0.717, 1.165) is 12.6 Å². The van der Waals surface area contributed by atoms with Gasteiger partial charge in [-0.3, -0.25) is 0 Å². The van der Waals surface area contributed by atoms with Gasteiger partial charge < -0.3 is 10.2 Å². The van der Waals surface area contributed by atoms with Crippen molar-refractivity contribution < 1.29 is 0 Å². The molecule has 1 fully saturated rings. The molecular weight excluding hydrogens is 172 g/mol. The first-order chi connectivity index (χ1) is 6.88. The fourth-order valence-electron chi connectivity index (χ4n) is 2.42. The van der Waals surface area contributed by atoms with Crippen molar-refractivity contribution >= 4 is 0 Å². The molecule has 1 aliphatic heterocycles. The molecule has 0 spiro atoms. The van der Waals surface area contributed by atoms with E-state index in [1.165, 1.54) is 51.6 Å². The van der Waals surface area contributed by atoms with Crippen molar-refractivity contribution in [2.24, 2.45) is 0 Å². The van der Waals surface area contributed by atoms with Crippen molar-refractivity contribution in [3.8, 4) is 0 Å². The van der Waals surface area contributed by atoms with Gasteiger partial charge in [-0.15, -0.1) is 0 Å². The van der Waals surface area contributed by atoms with Crippen LogP contribution in [-0.4, -0.2) is 37.6 Å². The van der Waals surface area contributed by atoms with E-state index in [9.17, 15) is 0 Å². The highest BCUT2D eigenvalue weighted by Crippen LogP contribution is 2.15. The van der Waals surface area contributed by atoms with E-state index in [2.05, 4.69) is 24.2 Å². The largest absolute Gasteiger partial charge is 0.320 e. The van der Waals surface area contributed by atoms with Crippen molar-refractivity contribution in [2.45, 2.75) is 51.5 Å². The van der Waals surface area contributed by atoms with Gasteiger partial charge in [-0.25, -0.2) is 0 Å². The molecule has 1 atom stereocenters. The average Bonchev–Trinajstić information content (AvgIpc) is 2.48. The highest BCUT2D eigenvalue weighted by molar-refractivity contribution is 4.73. The van der Waals surface area contributed by atoms with Crippen LogP contribution in [0.4, 0.5) is 0 Å². The Morgan fingerprint density at radius 2 is 1.79 bits per heavy atom. The molecule has 84 valence electrons. The Labute approximate surface area is 89.1 Å². The lowest BCUT2D eigenvalue weighted by Gasteiger charge is -2.29. The summed E-state index contributed by atoms with van der Waals surface area (Å²) in [6.45, 7) is 6.16. The number of nitrogens with one attached hydrogen (secondary N) is 1. The van der Waals surface area contributed by atoms with Gasteiger partial charge in [0.05, 0.1) is 0 Å². The minimum Gasteiger partial charge on any atom is -0.320 e. The zero-order chi connectivity index (χ0) is 10.2. The summed E-state index contributed by atoms with van der Waals surface area (Å²) in [5, 5.41) is 3.26. The Kier molecular flexibility index (Phi) is 6.20.